The van der Waals surface area contributed by atoms with Crippen LogP contribution in [0.3, 0.4) is 0 Å². The molecule has 0 saturated heterocycles. The van der Waals surface area contributed by atoms with Gasteiger partial charge >= 0.3 is 6.03 Å². The van der Waals surface area contributed by atoms with Gasteiger partial charge in [-0.3, -0.25) is 0 Å². The molecule has 29 heavy (non-hydrogen) atoms. The molecule has 4 rings (SSSR count). The highest BCUT2D eigenvalue weighted by atomic mass is 16.7. The highest BCUT2D eigenvalue weighted by Crippen LogP contribution is 2.39. The maximum Gasteiger partial charge on any atom is 0.341 e. The first-order valence-electron chi connectivity index (χ1n) is 9.12. The van der Waals surface area contributed by atoms with E-state index in [4.69, 9.17) is 15.2 Å². The quantitative estimate of drug-likeness (QED) is 0.753. The molecule has 0 aliphatic carbocycles. The number of hydrogen-bond acceptors (Lipinski definition) is 6. The Morgan fingerprint density at radius 2 is 1.90 bits per heavy atom. The third-order valence-corrected chi connectivity index (χ3v) is 5.04. The Kier molecular flexibility index (Phi) is 4.31. The molecular formula is C21H21N5O3. The predicted octanol–water partition coefficient (Wildman–Crippen LogP) is 2.57. The zero-order valence-corrected chi connectivity index (χ0v) is 16.5. The van der Waals surface area contributed by atoms with Crippen molar-refractivity contribution in [3.63, 3.8) is 0 Å². The minimum Gasteiger partial charge on any atom is -0.454 e. The van der Waals surface area contributed by atoms with Crippen LogP contribution in [0.1, 0.15) is 23.6 Å². The average molecular weight is 391 g/mol. The van der Waals surface area contributed by atoms with Gasteiger partial charge in [-0.2, -0.15) is 15.4 Å². The van der Waals surface area contributed by atoms with Crippen molar-refractivity contribution < 1.29 is 14.3 Å². The van der Waals surface area contributed by atoms with Crippen LogP contribution < -0.4 is 15.2 Å². The van der Waals surface area contributed by atoms with Gasteiger partial charge in [0.1, 0.15) is 0 Å². The first-order valence-corrected chi connectivity index (χ1v) is 9.12. The van der Waals surface area contributed by atoms with Crippen molar-refractivity contribution in [2.24, 2.45) is 5.10 Å². The standard InChI is InChI=1S/C21H21N5O3/c1-21(11-22)10-14-8-17-18(29-12-28-17)9-16(14)19(13-4-6-15(23)7-5-13)24-26(21)20(27)25(2)3/h4-9H,10,12,23H2,1-3H3. The number of nitrogen functional groups attached to an aromatic ring is 1. The summed E-state index contributed by atoms with van der Waals surface area (Å²) in [4.78, 5) is 14.3. The number of ether oxygens (including phenoxy) is 2. The van der Waals surface area contributed by atoms with Gasteiger partial charge in [-0.25, -0.2) is 4.79 Å². The lowest BCUT2D eigenvalue weighted by molar-refractivity contribution is 0.134. The molecule has 1 unspecified atom stereocenters. The van der Waals surface area contributed by atoms with E-state index in [2.05, 4.69) is 11.2 Å². The maximum absolute atomic E-state index is 12.9. The fraction of sp³-hybridized carbons (Fsp3) is 0.286. The van der Waals surface area contributed by atoms with Crippen LogP contribution in [0.5, 0.6) is 11.5 Å². The summed E-state index contributed by atoms with van der Waals surface area (Å²) in [5, 5.41) is 15.9. The van der Waals surface area contributed by atoms with Crippen LogP contribution in [0.2, 0.25) is 0 Å². The molecule has 2 aromatic carbocycles. The maximum atomic E-state index is 12.9. The first-order chi connectivity index (χ1) is 13.8. The second kappa shape index (κ2) is 6.71. The molecule has 0 radical (unpaired) electrons. The van der Waals surface area contributed by atoms with Crippen LogP contribution >= 0.6 is 0 Å². The molecule has 2 aliphatic heterocycles. The van der Waals surface area contributed by atoms with E-state index in [0.717, 1.165) is 16.7 Å². The van der Waals surface area contributed by atoms with Gasteiger partial charge < -0.3 is 20.1 Å². The van der Waals surface area contributed by atoms with E-state index in [1.165, 1.54) is 9.91 Å². The number of nitrogens with zero attached hydrogens (tertiary/aromatic N) is 4. The molecular weight excluding hydrogens is 370 g/mol. The van der Waals surface area contributed by atoms with Crippen molar-refractivity contribution in [2.75, 3.05) is 26.6 Å². The van der Waals surface area contributed by atoms with E-state index >= 15 is 0 Å². The molecule has 2 N–H and O–H groups in total. The smallest absolute Gasteiger partial charge is 0.341 e. The van der Waals surface area contributed by atoms with Gasteiger partial charge in [-0.15, -0.1) is 0 Å². The molecule has 2 heterocycles. The summed E-state index contributed by atoms with van der Waals surface area (Å²) in [5.74, 6) is 1.23. The number of benzene rings is 2. The summed E-state index contributed by atoms with van der Waals surface area (Å²) in [6.07, 6.45) is 0.289. The Morgan fingerprint density at radius 1 is 1.24 bits per heavy atom. The molecule has 0 bridgehead atoms. The average Bonchev–Trinajstić information content (AvgIpc) is 3.11. The molecule has 0 spiro atoms. The van der Waals surface area contributed by atoms with Crippen molar-refractivity contribution in [1.82, 2.24) is 9.91 Å². The first kappa shape index (κ1) is 18.6. The van der Waals surface area contributed by atoms with E-state index in [1.807, 2.05) is 24.3 Å². The number of carbonyl (C=O) groups excluding carboxylic acids is 1. The molecule has 0 aromatic heterocycles. The van der Waals surface area contributed by atoms with Crippen molar-refractivity contribution in [3.05, 3.63) is 53.1 Å². The van der Waals surface area contributed by atoms with Gasteiger partial charge in [0.2, 0.25) is 6.79 Å². The number of nitriles is 1. The molecule has 8 nitrogen and oxygen atoms in total. The van der Waals surface area contributed by atoms with E-state index in [9.17, 15) is 10.1 Å². The van der Waals surface area contributed by atoms with Gasteiger partial charge in [0.25, 0.3) is 0 Å². The van der Waals surface area contributed by atoms with Gasteiger partial charge in [0, 0.05) is 37.3 Å². The lowest BCUT2D eigenvalue weighted by Gasteiger charge is -2.32. The van der Waals surface area contributed by atoms with Gasteiger partial charge in [0.15, 0.2) is 17.0 Å². The van der Waals surface area contributed by atoms with E-state index < -0.39 is 5.54 Å². The Hall–Kier alpha value is -3.73. The number of rotatable bonds is 1. The summed E-state index contributed by atoms with van der Waals surface area (Å²) in [5.41, 5.74) is 8.26. The van der Waals surface area contributed by atoms with Crippen LogP contribution in [-0.4, -0.2) is 48.1 Å². The number of amides is 2. The second-order valence-corrected chi connectivity index (χ2v) is 7.48. The normalized spacial score (nSPS) is 19.7. The second-order valence-electron chi connectivity index (χ2n) is 7.48. The summed E-state index contributed by atoms with van der Waals surface area (Å²) < 4.78 is 11.1. The monoisotopic (exact) mass is 391 g/mol. The largest absolute Gasteiger partial charge is 0.454 e. The topological polar surface area (TPSA) is 104 Å². The lowest BCUT2D eigenvalue weighted by Crippen LogP contribution is -2.50. The lowest BCUT2D eigenvalue weighted by atomic mass is 9.89. The van der Waals surface area contributed by atoms with E-state index in [-0.39, 0.29) is 19.2 Å². The van der Waals surface area contributed by atoms with E-state index in [1.54, 1.807) is 33.2 Å². The van der Waals surface area contributed by atoms with Crippen molar-refractivity contribution in [1.29, 1.82) is 5.26 Å². The Bertz CT molecular complexity index is 1060. The zero-order chi connectivity index (χ0) is 20.8. The Balaban J connectivity index is 1.98. The molecule has 2 aliphatic rings. The Morgan fingerprint density at radius 3 is 2.52 bits per heavy atom. The fourth-order valence-corrected chi connectivity index (χ4v) is 3.45. The summed E-state index contributed by atoms with van der Waals surface area (Å²) in [7, 11) is 3.26. The zero-order valence-electron chi connectivity index (χ0n) is 16.5. The van der Waals surface area contributed by atoms with Crippen LogP contribution in [0, 0.1) is 11.3 Å². The minimum absolute atomic E-state index is 0.146. The number of urea groups is 1. The Labute approximate surface area is 168 Å². The molecule has 8 heteroatoms. The van der Waals surface area contributed by atoms with Crippen molar-refractivity contribution >= 4 is 17.4 Å². The van der Waals surface area contributed by atoms with Crippen molar-refractivity contribution in [2.45, 2.75) is 18.9 Å². The van der Waals surface area contributed by atoms with Gasteiger partial charge in [-0.1, -0.05) is 12.1 Å². The van der Waals surface area contributed by atoms with E-state index in [0.29, 0.717) is 22.9 Å². The van der Waals surface area contributed by atoms with Crippen LogP contribution in [0.4, 0.5) is 10.5 Å². The molecule has 0 saturated carbocycles. The van der Waals surface area contributed by atoms with Crippen molar-refractivity contribution in [3.8, 4) is 17.6 Å². The molecule has 2 amide bonds. The van der Waals surface area contributed by atoms with Crippen LogP contribution in [-0.2, 0) is 6.42 Å². The van der Waals surface area contributed by atoms with Gasteiger partial charge in [0.05, 0.1) is 11.8 Å². The molecule has 1 atom stereocenters. The summed E-state index contributed by atoms with van der Waals surface area (Å²) >= 11 is 0. The SMILES string of the molecule is CN(C)C(=O)N1N=C(c2ccc(N)cc2)c2cc3c(cc2CC1(C)C#N)OCO3. The number of anilines is 1. The third kappa shape index (κ3) is 3.10. The summed E-state index contributed by atoms with van der Waals surface area (Å²) in [6, 6.07) is 12.9. The molecule has 148 valence electrons. The number of hydrazone groups is 1. The third-order valence-electron chi connectivity index (χ3n) is 5.04. The number of hydrogen-bond donors (Lipinski definition) is 1. The highest BCUT2D eigenvalue weighted by molar-refractivity contribution is 6.14. The molecule has 2 aromatic rings. The van der Waals surface area contributed by atoms with Crippen LogP contribution in [0.15, 0.2) is 41.5 Å². The predicted molar refractivity (Wildman–Crippen MR) is 108 cm³/mol. The number of nitrogens with two attached hydrogens (primary N) is 1. The van der Waals surface area contributed by atoms with Gasteiger partial charge in [-0.05, 0) is 36.8 Å². The number of fused-ring (bicyclic) bond motifs is 2. The minimum atomic E-state index is -1.18. The number of carbonyl (C=O) groups is 1. The molecule has 0 fully saturated rings. The van der Waals surface area contributed by atoms with Crippen LogP contribution in [0.25, 0.3) is 0 Å². The highest BCUT2D eigenvalue weighted by Gasteiger charge is 2.41. The summed E-state index contributed by atoms with van der Waals surface area (Å²) in [6.45, 7) is 1.85. The fourth-order valence-electron chi connectivity index (χ4n) is 3.45.